The zero-order valence-corrected chi connectivity index (χ0v) is 15.0. The van der Waals surface area contributed by atoms with E-state index in [0.29, 0.717) is 11.0 Å². The molecule has 1 heterocycles. The van der Waals surface area contributed by atoms with Gasteiger partial charge in [-0.2, -0.15) is 0 Å². The van der Waals surface area contributed by atoms with Crippen LogP contribution in [0.1, 0.15) is 45.1 Å². The average Bonchev–Trinajstić information content (AvgIpc) is 2.49. The molecule has 1 aliphatic rings. The van der Waals surface area contributed by atoms with Crippen molar-refractivity contribution < 1.29 is 4.74 Å². The first-order valence-electron chi connectivity index (χ1n) is 7.49. The fraction of sp³-hybridized carbons (Fsp3) is 0.562. The van der Waals surface area contributed by atoms with E-state index in [4.69, 9.17) is 22.7 Å². The smallest absolute Gasteiger partial charge is 0.106 e. The van der Waals surface area contributed by atoms with E-state index in [-0.39, 0.29) is 5.60 Å². The Morgan fingerprint density at radius 1 is 1.48 bits per heavy atom. The molecular weight excluding hydrogens is 348 g/mol. The molecule has 0 aromatic heterocycles. The van der Waals surface area contributed by atoms with E-state index in [1.54, 1.807) is 0 Å². The van der Waals surface area contributed by atoms with Gasteiger partial charge in [-0.3, -0.25) is 0 Å². The molecule has 0 saturated carbocycles. The Balaban J connectivity index is 2.16. The van der Waals surface area contributed by atoms with Crippen LogP contribution in [0.15, 0.2) is 22.7 Å². The summed E-state index contributed by atoms with van der Waals surface area (Å²) in [6, 6.07) is 6.41. The molecule has 0 radical (unpaired) electrons. The van der Waals surface area contributed by atoms with E-state index < -0.39 is 0 Å². The summed E-state index contributed by atoms with van der Waals surface area (Å²) in [5.74, 6) is 0. The molecule has 3 N–H and O–H groups in total. The molecule has 1 fully saturated rings. The molecule has 1 unspecified atom stereocenters. The fourth-order valence-electron chi connectivity index (χ4n) is 2.96. The Morgan fingerprint density at radius 3 is 2.81 bits per heavy atom. The van der Waals surface area contributed by atoms with Crippen LogP contribution in [0.4, 0.5) is 5.69 Å². The molecule has 0 aliphatic carbocycles. The van der Waals surface area contributed by atoms with E-state index in [0.717, 1.165) is 48.0 Å². The third-order valence-corrected chi connectivity index (χ3v) is 5.10. The summed E-state index contributed by atoms with van der Waals surface area (Å²) >= 11 is 8.63. The van der Waals surface area contributed by atoms with Crippen molar-refractivity contribution in [2.45, 2.75) is 51.2 Å². The van der Waals surface area contributed by atoms with Crippen LogP contribution in [0.3, 0.4) is 0 Å². The van der Waals surface area contributed by atoms with Gasteiger partial charge in [-0.15, -0.1) is 0 Å². The number of hydrogen-bond donors (Lipinski definition) is 2. The molecule has 21 heavy (non-hydrogen) atoms. The number of hydrogen-bond acceptors (Lipinski definition) is 3. The summed E-state index contributed by atoms with van der Waals surface area (Å²) in [5, 5.41) is 3.61. The number of anilines is 1. The van der Waals surface area contributed by atoms with Crippen LogP contribution in [-0.4, -0.2) is 23.2 Å². The molecule has 0 spiro atoms. The second-order valence-corrected chi connectivity index (χ2v) is 6.98. The zero-order chi connectivity index (χ0) is 15.5. The number of nitrogens with two attached hydrogens (primary N) is 1. The van der Waals surface area contributed by atoms with Gasteiger partial charge in [0.25, 0.3) is 0 Å². The Morgan fingerprint density at radius 2 is 2.19 bits per heavy atom. The minimum Gasteiger partial charge on any atom is -0.389 e. The van der Waals surface area contributed by atoms with Gasteiger partial charge in [-0.05, 0) is 43.9 Å². The predicted molar refractivity (Wildman–Crippen MR) is 95.9 cm³/mol. The first kappa shape index (κ1) is 16.7. The van der Waals surface area contributed by atoms with E-state index in [9.17, 15) is 0 Å². The molecule has 2 rings (SSSR count). The lowest BCUT2D eigenvalue weighted by molar-refractivity contribution is -0.0864. The molecule has 1 aromatic carbocycles. The maximum atomic E-state index is 6.03. The molecule has 116 valence electrons. The SMILES string of the molecule is CCC1(CC)CC(Nc2ccc(Br)cc2C(N)=S)CCO1. The van der Waals surface area contributed by atoms with E-state index in [2.05, 4.69) is 35.1 Å². The number of nitrogens with one attached hydrogen (secondary N) is 1. The molecule has 1 saturated heterocycles. The highest BCUT2D eigenvalue weighted by Gasteiger charge is 2.34. The molecular formula is C16H23BrN2OS. The van der Waals surface area contributed by atoms with Gasteiger partial charge in [0.1, 0.15) is 4.99 Å². The van der Waals surface area contributed by atoms with Crippen molar-refractivity contribution in [2.24, 2.45) is 5.73 Å². The van der Waals surface area contributed by atoms with Gasteiger partial charge in [0.15, 0.2) is 0 Å². The summed E-state index contributed by atoms with van der Waals surface area (Å²) in [7, 11) is 0. The van der Waals surface area contributed by atoms with Gasteiger partial charge in [0, 0.05) is 28.4 Å². The monoisotopic (exact) mass is 370 g/mol. The third-order valence-electron chi connectivity index (χ3n) is 4.39. The second kappa shape index (κ2) is 7.07. The maximum absolute atomic E-state index is 6.03. The predicted octanol–water partition coefficient (Wildman–Crippen LogP) is 4.23. The van der Waals surface area contributed by atoms with Crippen molar-refractivity contribution in [3.05, 3.63) is 28.2 Å². The first-order chi connectivity index (χ1) is 9.99. The van der Waals surface area contributed by atoms with Crippen molar-refractivity contribution in [3.63, 3.8) is 0 Å². The molecule has 1 aliphatic heterocycles. The normalized spacial score (nSPS) is 21.0. The van der Waals surface area contributed by atoms with Crippen LogP contribution in [0.25, 0.3) is 0 Å². The molecule has 0 amide bonds. The van der Waals surface area contributed by atoms with E-state index >= 15 is 0 Å². The van der Waals surface area contributed by atoms with Crippen molar-refractivity contribution >= 4 is 38.8 Å². The number of halogens is 1. The Labute approximate surface area is 140 Å². The lowest BCUT2D eigenvalue weighted by Crippen LogP contribution is -2.43. The topological polar surface area (TPSA) is 47.3 Å². The minimum absolute atomic E-state index is 0.00860. The van der Waals surface area contributed by atoms with Crippen LogP contribution < -0.4 is 11.1 Å². The van der Waals surface area contributed by atoms with Gasteiger partial charge in [0.05, 0.1) is 5.60 Å². The number of benzene rings is 1. The van der Waals surface area contributed by atoms with Crippen LogP contribution >= 0.6 is 28.1 Å². The first-order valence-corrected chi connectivity index (χ1v) is 8.69. The number of rotatable bonds is 5. The highest BCUT2D eigenvalue weighted by molar-refractivity contribution is 9.10. The average molecular weight is 371 g/mol. The third kappa shape index (κ3) is 3.96. The van der Waals surface area contributed by atoms with E-state index in [1.807, 2.05) is 18.2 Å². The lowest BCUT2D eigenvalue weighted by atomic mass is 9.85. The largest absolute Gasteiger partial charge is 0.389 e. The maximum Gasteiger partial charge on any atom is 0.106 e. The summed E-state index contributed by atoms with van der Waals surface area (Å²) in [6.07, 6.45) is 4.12. The van der Waals surface area contributed by atoms with Crippen LogP contribution in [0.5, 0.6) is 0 Å². The van der Waals surface area contributed by atoms with Crippen LogP contribution in [-0.2, 0) is 4.74 Å². The van der Waals surface area contributed by atoms with E-state index in [1.165, 1.54) is 0 Å². The van der Waals surface area contributed by atoms with Gasteiger partial charge in [0.2, 0.25) is 0 Å². The lowest BCUT2D eigenvalue weighted by Gasteiger charge is -2.40. The molecule has 0 bridgehead atoms. The zero-order valence-electron chi connectivity index (χ0n) is 12.6. The Bertz CT molecular complexity index is 517. The second-order valence-electron chi connectivity index (χ2n) is 5.63. The van der Waals surface area contributed by atoms with Crippen molar-refractivity contribution in [1.29, 1.82) is 0 Å². The Hall–Kier alpha value is -0.650. The molecule has 1 atom stereocenters. The highest BCUT2D eigenvalue weighted by Crippen LogP contribution is 2.33. The van der Waals surface area contributed by atoms with Crippen molar-refractivity contribution in [1.82, 2.24) is 0 Å². The molecule has 5 heteroatoms. The van der Waals surface area contributed by atoms with Crippen molar-refractivity contribution in [2.75, 3.05) is 11.9 Å². The van der Waals surface area contributed by atoms with Crippen LogP contribution in [0.2, 0.25) is 0 Å². The molecule has 3 nitrogen and oxygen atoms in total. The summed E-state index contributed by atoms with van der Waals surface area (Å²) in [5.41, 5.74) is 7.75. The van der Waals surface area contributed by atoms with Crippen molar-refractivity contribution in [3.8, 4) is 0 Å². The molecule has 1 aromatic rings. The number of ether oxygens (including phenoxy) is 1. The van der Waals surface area contributed by atoms with Gasteiger partial charge in [-0.25, -0.2) is 0 Å². The number of thiocarbonyl (C=S) groups is 1. The van der Waals surface area contributed by atoms with Gasteiger partial charge < -0.3 is 15.8 Å². The fourth-order valence-corrected chi connectivity index (χ4v) is 3.49. The summed E-state index contributed by atoms with van der Waals surface area (Å²) in [4.78, 5) is 0.420. The Kier molecular flexibility index (Phi) is 5.63. The van der Waals surface area contributed by atoms with Crippen LogP contribution in [0, 0.1) is 0 Å². The summed E-state index contributed by atoms with van der Waals surface area (Å²) < 4.78 is 7.02. The minimum atomic E-state index is 0.00860. The standard InChI is InChI=1S/C16H23BrN2OS/c1-3-16(4-2)10-12(7-8-20-16)19-14-6-5-11(17)9-13(14)15(18)21/h5-6,9,12,19H,3-4,7-8,10H2,1-2H3,(H2,18,21). The quantitative estimate of drug-likeness (QED) is 0.761. The van der Waals surface area contributed by atoms with Gasteiger partial charge >= 0.3 is 0 Å². The summed E-state index contributed by atoms with van der Waals surface area (Å²) in [6.45, 7) is 5.20. The highest BCUT2D eigenvalue weighted by atomic mass is 79.9. The van der Waals surface area contributed by atoms with Gasteiger partial charge in [-0.1, -0.05) is 42.0 Å².